The highest BCUT2D eigenvalue weighted by Gasteiger charge is 2.36. The molecule has 2 aromatic rings. The number of aliphatic hydroxyl groups is 1. The number of β-amino-alcohol motifs (C(OH)–C–C–N with tert-alkyl or cyclic N) is 1. The first-order valence-corrected chi connectivity index (χ1v) is 7.68. The van der Waals surface area contributed by atoms with Crippen LogP contribution in [-0.4, -0.2) is 39.7 Å². The fraction of sp³-hybridized carbons (Fsp3) is 0.353. The van der Waals surface area contributed by atoms with Crippen LogP contribution in [-0.2, 0) is 4.79 Å². The average molecular weight is 312 g/mol. The highest BCUT2D eigenvalue weighted by Crippen LogP contribution is 2.33. The van der Waals surface area contributed by atoms with Gasteiger partial charge in [-0.2, -0.15) is 0 Å². The van der Waals surface area contributed by atoms with Crippen LogP contribution in [0.5, 0.6) is 0 Å². The van der Waals surface area contributed by atoms with E-state index < -0.39 is 11.5 Å². The fourth-order valence-corrected chi connectivity index (χ4v) is 3.16. The summed E-state index contributed by atoms with van der Waals surface area (Å²) in [6, 6.07) is 9.89. The van der Waals surface area contributed by atoms with E-state index in [-0.39, 0.29) is 6.42 Å². The Bertz CT molecular complexity index is 692. The molecule has 120 valence electrons. The molecule has 1 unspecified atom stereocenters. The standard InChI is InChI=1S/C17H20N4O2/c18-15(22)9-17(23)7-4-8-21(11-17)16-14(10-19-12-20-16)13-5-2-1-3-6-13/h1-3,5-6,10,12,23H,4,7-9,11H2,(H2,18,22). The van der Waals surface area contributed by atoms with Gasteiger partial charge in [-0.05, 0) is 18.4 Å². The summed E-state index contributed by atoms with van der Waals surface area (Å²) in [5.74, 6) is 0.286. The SMILES string of the molecule is NC(=O)CC1(O)CCCN(c2ncncc2-c2ccccc2)C1. The summed E-state index contributed by atoms with van der Waals surface area (Å²) in [5.41, 5.74) is 6.11. The van der Waals surface area contributed by atoms with Gasteiger partial charge in [-0.15, -0.1) is 0 Å². The van der Waals surface area contributed by atoms with Gasteiger partial charge in [-0.25, -0.2) is 9.97 Å². The van der Waals surface area contributed by atoms with Gasteiger partial charge in [-0.3, -0.25) is 4.79 Å². The molecule has 1 aliphatic rings. The third-order valence-electron chi connectivity index (χ3n) is 4.13. The fourth-order valence-electron chi connectivity index (χ4n) is 3.16. The second kappa shape index (κ2) is 6.34. The molecule has 1 atom stereocenters. The Kier molecular flexibility index (Phi) is 4.25. The average Bonchev–Trinajstić information content (AvgIpc) is 2.54. The summed E-state index contributed by atoms with van der Waals surface area (Å²) in [6.45, 7) is 1.12. The van der Waals surface area contributed by atoms with Crippen molar-refractivity contribution in [1.82, 2.24) is 9.97 Å². The smallest absolute Gasteiger partial charge is 0.220 e. The molecule has 1 fully saturated rings. The molecule has 1 aliphatic heterocycles. The number of carbonyl (C=O) groups is 1. The van der Waals surface area contributed by atoms with Crippen LogP contribution < -0.4 is 10.6 Å². The van der Waals surface area contributed by atoms with Crippen molar-refractivity contribution in [3.63, 3.8) is 0 Å². The van der Waals surface area contributed by atoms with Crippen LogP contribution >= 0.6 is 0 Å². The van der Waals surface area contributed by atoms with Gasteiger partial charge in [0.2, 0.25) is 5.91 Å². The van der Waals surface area contributed by atoms with Crippen LogP contribution in [0.15, 0.2) is 42.9 Å². The van der Waals surface area contributed by atoms with Gasteiger partial charge in [0, 0.05) is 24.8 Å². The van der Waals surface area contributed by atoms with Crippen LogP contribution in [0.4, 0.5) is 5.82 Å². The van der Waals surface area contributed by atoms with Crippen molar-refractivity contribution in [3.05, 3.63) is 42.9 Å². The predicted octanol–water partition coefficient (Wildman–Crippen LogP) is 1.35. The second-order valence-electron chi connectivity index (χ2n) is 6.02. The van der Waals surface area contributed by atoms with Crippen LogP contribution in [0, 0.1) is 0 Å². The highest BCUT2D eigenvalue weighted by atomic mass is 16.3. The van der Waals surface area contributed by atoms with Crippen LogP contribution in [0.3, 0.4) is 0 Å². The number of hydrogen-bond donors (Lipinski definition) is 2. The number of carbonyl (C=O) groups excluding carboxylic acids is 1. The highest BCUT2D eigenvalue weighted by molar-refractivity contribution is 5.76. The predicted molar refractivity (Wildman–Crippen MR) is 87.7 cm³/mol. The molecule has 1 saturated heterocycles. The van der Waals surface area contributed by atoms with Crippen LogP contribution in [0.25, 0.3) is 11.1 Å². The number of piperidine rings is 1. The van der Waals surface area contributed by atoms with E-state index in [0.29, 0.717) is 13.0 Å². The number of nitrogens with two attached hydrogens (primary N) is 1. The summed E-state index contributed by atoms with van der Waals surface area (Å²) in [5, 5.41) is 10.6. The Hall–Kier alpha value is -2.47. The molecule has 6 heteroatoms. The Morgan fingerprint density at radius 1 is 1.35 bits per heavy atom. The second-order valence-corrected chi connectivity index (χ2v) is 6.02. The van der Waals surface area contributed by atoms with Crippen molar-refractivity contribution in [2.45, 2.75) is 24.9 Å². The molecule has 3 rings (SSSR count). The maximum atomic E-state index is 11.2. The molecule has 1 aromatic carbocycles. The van der Waals surface area contributed by atoms with E-state index in [1.54, 1.807) is 6.20 Å². The van der Waals surface area contributed by atoms with Gasteiger partial charge >= 0.3 is 0 Å². The molecule has 0 saturated carbocycles. The first-order valence-electron chi connectivity index (χ1n) is 7.68. The Morgan fingerprint density at radius 3 is 2.87 bits per heavy atom. The van der Waals surface area contributed by atoms with Gasteiger partial charge in [-0.1, -0.05) is 30.3 Å². The molecule has 0 spiro atoms. The van der Waals surface area contributed by atoms with E-state index in [4.69, 9.17) is 5.73 Å². The number of hydrogen-bond acceptors (Lipinski definition) is 5. The lowest BCUT2D eigenvalue weighted by molar-refractivity contribution is -0.123. The largest absolute Gasteiger partial charge is 0.388 e. The molecule has 0 aliphatic carbocycles. The monoisotopic (exact) mass is 312 g/mol. The number of aromatic nitrogens is 2. The molecule has 23 heavy (non-hydrogen) atoms. The molecule has 0 radical (unpaired) electrons. The first-order chi connectivity index (χ1) is 11.1. The lowest BCUT2D eigenvalue weighted by atomic mass is 9.89. The topological polar surface area (TPSA) is 92.3 Å². The minimum atomic E-state index is -1.09. The van der Waals surface area contributed by atoms with Gasteiger partial charge in [0.1, 0.15) is 12.1 Å². The van der Waals surface area contributed by atoms with E-state index in [1.165, 1.54) is 6.33 Å². The van der Waals surface area contributed by atoms with E-state index >= 15 is 0 Å². The van der Waals surface area contributed by atoms with E-state index in [2.05, 4.69) is 9.97 Å². The van der Waals surface area contributed by atoms with E-state index in [0.717, 1.165) is 29.9 Å². The number of primary amides is 1. The van der Waals surface area contributed by atoms with Crippen LogP contribution in [0.1, 0.15) is 19.3 Å². The number of anilines is 1. The molecule has 6 nitrogen and oxygen atoms in total. The van der Waals surface area contributed by atoms with Crippen molar-refractivity contribution in [3.8, 4) is 11.1 Å². The van der Waals surface area contributed by atoms with Crippen molar-refractivity contribution >= 4 is 11.7 Å². The zero-order valence-corrected chi connectivity index (χ0v) is 12.9. The molecule has 1 amide bonds. The summed E-state index contributed by atoms with van der Waals surface area (Å²) < 4.78 is 0. The van der Waals surface area contributed by atoms with Gasteiger partial charge in [0.25, 0.3) is 0 Å². The number of rotatable bonds is 4. The minimum Gasteiger partial charge on any atom is -0.388 e. The maximum absolute atomic E-state index is 11.2. The van der Waals surface area contributed by atoms with E-state index in [9.17, 15) is 9.90 Å². The molecule has 0 bridgehead atoms. The van der Waals surface area contributed by atoms with Crippen LogP contribution in [0.2, 0.25) is 0 Å². The lowest BCUT2D eigenvalue weighted by Gasteiger charge is -2.39. The van der Waals surface area contributed by atoms with Crippen molar-refractivity contribution in [2.24, 2.45) is 5.73 Å². The number of benzene rings is 1. The first kappa shape index (κ1) is 15.4. The van der Waals surface area contributed by atoms with Crippen molar-refractivity contribution in [1.29, 1.82) is 0 Å². The maximum Gasteiger partial charge on any atom is 0.220 e. The number of nitrogens with zero attached hydrogens (tertiary/aromatic N) is 3. The van der Waals surface area contributed by atoms with Gasteiger partial charge in [0.15, 0.2) is 0 Å². The Balaban J connectivity index is 1.91. The third kappa shape index (κ3) is 3.48. The summed E-state index contributed by atoms with van der Waals surface area (Å²) in [7, 11) is 0. The molecule has 2 heterocycles. The zero-order valence-electron chi connectivity index (χ0n) is 12.9. The summed E-state index contributed by atoms with van der Waals surface area (Å²) >= 11 is 0. The Morgan fingerprint density at radius 2 is 2.13 bits per heavy atom. The van der Waals surface area contributed by atoms with Crippen molar-refractivity contribution in [2.75, 3.05) is 18.0 Å². The normalized spacial score (nSPS) is 21.2. The number of amides is 1. The molecule has 1 aromatic heterocycles. The summed E-state index contributed by atoms with van der Waals surface area (Å²) in [4.78, 5) is 21.8. The van der Waals surface area contributed by atoms with Gasteiger partial charge in [0.05, 0.1) is 12.0 Å². The Labute approximate surface area is 135 Å². The lowest BCUT2D eigenvalue weighted by Crippen LogP contribution is -2.50. The summed E-state index contributed by atoms with van der Waals surface area (Å²) in [6.07, 6.45) is 4.60. The van der Waals surface area contributed by atoms with E-state index in [1.807, 2.05) is 35.2 Å². The quantitative estimate of drug-likeness (QED) is 0.889. The van der Waals surface area contributed by atoms with Gasteiger partial charge < -0.3 is 15.7 Å². The minimum absolute atomic E-state index is 0.0325. The molecule has 3 N–H and O–H groups in total. The molecular weight excluding hydrogens is 292 g/mol. The third-order valence-corrected chi connectivity index (χ3v) is 4.13. The van der Waals surface area contributed by atoms with Crippen molar-refractivity contribution < 1.29 is 9.90 Å². The zero-order chi connectivity index (χ0) is 16.3. The molecular formula is C17H20N4O2.